The third-order valence-corrected chi connectivity index (χ3v) is 5.72. The third-order valence-electron chi connectivity index (χ3n) is 5.72. The van der Waals surface area contributed by atoms with Gasteiger partial charge >= 0.3 is 11.9 Å². The SMILES string of the molecule is COc1ccnc(C(=O)C[C@@H](C)C(=O)O[C@@H](C)C(c2ccc(F)cc2)c2ccc(F)cc2)c1OC(C)=O. The summed E-state index contributed by atoms with van der Waals surface area (Å²) >= 11 is 0. The first-order valence-corrected chi connectivity index (χ1v) is 11.6. The highest BCUT2D eigenvalue weighted by molar-refractivity contribution is 5.99. The zero-order valence-electron chi connectivity index (χ0n) is 20.9. The van der Waals surface area contributed by atoms with Crippen LogP contribution in [0.25, 0.3) is 0 Å². The normalized spacial score (nSPS) is 12.5. The molecule has 0 bridgehead atoms. The van der Waals surface area contributed by atoms with E-state index in [9.17, 15) is 23.2 Å². The van der Waals surface area contributed by atoms with Gasteiger partial charge in [0, 0.05) is 31.5 Å². The van der Waals surface area contributed by atoms with Gasteiger partial charge in [-0.3, -0.25) is 14.4 Å². The van der Waals surface area contributed by atoms with E-state index in [4.69, 9.17) is 14.2 Å². The zero-order chi connectivity index (χ0) is 27.1. The van der Waals surface area contributed by atoms with Crippen LogP contribution in [0.2, 0.25) is 0 Å². The number of benzene rings is 2. The summed E-state index contributed by atoms with van der Waals surface area (Å²) in [5, 5.41) is 0. The fourth-order valence-electron chi connectivity index (χ4n) is 3.93. The Hall–Kier alpha value is -4.14. The van der Waals surface area contributed by atoms with Gasteiger partial charge in [-0.25, -0.2) is 13.8 Å². The molecule has 0 aliphatic carbocycles. The number of nitrogens with zero attached hydrogens (tertiary/aromatic N) is 1. The van der Waals surface area contributed by atoms with Gasteiger partial charge in [0.1, 0.15) is 17.7 Å². The number of hydrogen-bond donors (Lipinski definition) is 0. The van der Waals surface area contributed by atoms with Gasteiger partial charge in [-0.05, 0) is 42.3 Å². The number of rotatable bonds is 10. The largest absolute Gasteiger partial charge is 0.493 e. The molecule has 0 radical (unpaired) electrons. The standard InChI is InChI=1S/C28H27F2NO6/c1-16(15-23(33)26-27(37-18(3)32)24(35-4)13-14-31-26)28(34)36-17(2)25(19-5-9-21(29)10-6-19)20-7-11-22(30)12-8-20/h5-14,16-17,25H,15H2,1-4H3/t16-,17+/m1/s1. The highest BCUT2D eigenvalue weighted by Crippen LogP contribution is 2.33. The van der Waals surface area contributed by atoms with Crippen molar-refractivity contribution >= 4 is 17.7 Å². The van der Waals surface area contributed by atoms with Crippen LogP contribution < -0.4 is 9.47 Å². The number of carbonyl (C=O) groups is 3. The van der Waals surface area contributed by atoms with Gasteiger partial charge in [-0.1, -0.05) is 31.2 Å². The molecule has 0 amide bonds. The summed E-state index contributed by atoms with van der Waals surface area (Å²) in [7, 11) is 1.36. The lowest BCUT2D eigenvalue weighted by Crippen LogP contribution is -2.28. The van der Waals surface area contributed by atoms with Crippen molar-refractivity contribution in [3.05, 3.63) is 89.2 Å². The number of esters is 2. The van der Waals surface area contributed by atoms with Gasteiger partial charge in [0.05, 0.1) is 13.0 Å². The molecular weight excluding hydrogens is 484 g/mol. The number of halogens is 2. The Bertz CT molecular complexity index is 1220. The Morgan fingerprint density at radius 2 is 1.43 bits per heavy atom. The first-order valence-electron chi connectivity index (χ1n) is 11.6. The summed E-state index contributed by atoms with van der Waals surface area (Å²) in [6, 6.07) is 12.9. The van der Waals surface area contributed by atoms with Gasteiger partial charge in [0.15, 0.2) is 17.2 Å². The molecule has 1 aromatic heterocycles. The Morgan fingerprint density at radius 1 is 0.892 bits per heavy atom. The predicted molar refractivity (Wildman–Crippen MR) is 130 cm³/mol. The monoisotopic (exact) mass is 511 g/mol. The number of ether oxygens (including phenoxy) is 3. The Kier molecular flexibility index (Phi) is 9.05. The second-order valence-electron chi connectivity index (χ2n) is 8.54. The molecule has 0 unspecified atom stereocenters. The van der Waals surface area contributed by atoms with Gasteiger partial charge in [-0.15, -0.1) is 0 Å². The number of ketones is 1. The van der Waals surface area contributed by atoms with Crippen molar-refractivity contribution in [3.8, 4) is 11.5 Å². The molecule has 2 aromatic carbocycles. The van der Waals surface area contributed by atoms with E-state index in [0.717, 1.165) is 0 Å². The van der Waals surface area contributed by atoms with Crippen LogP contribution in [0.1, 0.15) is 54.7 Å². The summed E-state index contributed by atoms with van der Waals surface area (Å²) < 4.78 is 43.0. The minimum absolute atomic E-state index is 0.121. The fourth-order valence-corrected chi connectivity index (χ4v) is 3.93. The third kappa shape index (κ3) is 6.97. The summed E-state index contributed by atoms with van der Waals surface area (Å²) in [6.07, 6.45) is 0.338. The van der Waals surface area contributed by atoms with Crippen molar-refractivity contribution in [1.29, 1.82) is 0 Å². The average Bonchev–Trinajstić information content (AvgIpc) is 2.86. The molecule has 0 aliphatic heterocycles. The van der Waals surface area contributed by atoms with Crippen molar-refractivity contribution < 1.29 is 37.4 Å². The molecule has 0 aliphatic rings. The van der Waals surface area contributed by atoms with Crippen molar-refractivity contribution in [2.24, 2.45) is 5.92 Å². The minimum Gasteiger partial charge on any atom is -0.493 e. The first-order chi connectivity index (χ1) is 17.6. The van der Waals surface area contributed by atoms with E-state index in [1.165, 1.54) is 57.5 Å². The van der Waals surface area contributed by atoms with Crippen LogP contribution in [0.3, 0.4) is 0 Å². The highest BCUT2D eigenvalue weighted by atomic mass is 19.1. The van der Waals surface area contributed by atoms with Crippen molar-refractivity contribution in [3.63, 3.8) is 0 Å². The summed E-state index contributed by atoms with van der Waals surface area (Å²) in [4.78, 5) is 41.5. The second-order valence-corrected chi connectivity index (χ2v) is 8.54. The van der Waals surface area contributed by atoms with Gasteiger partial charge in [0.2, 0.25) is 5.75 Å². The number of carbonyl (C=O) groups excluding carboxylic acids is 3. The summed E-state index contributed by atoms with van der Waals surface area (Å²) in [5.74, 6) is -4.03. The van der Waals surface area contributed by atoms with Crippen LogP contribution in [-0.4, -0.2) is 35.9 Å². The summed E-state index contributed by atoms with van der Waals surface area (Å²) in [6.45, 7) is 4.39. The van der Waals surface area contributed by atoms with Crippen LogP contribution in [-0.2, 0) is 14.3 Å². The molecule has 3 aromatic rings. The first kappa shape index (κ1) is 27.4. The predicted octanol–water partition coefficient (Wildman–Crippen LogP) is 5.27. The van der Waals surface area contributed by atoms with Crippen LogP contribution in [0.4, 0.5) is 8.78 Å². The number of Topliss-reactive ketones (excluding diaryl/α,β-unsaturated/α-hetero) is 1. The lowest BCUT2D eigenvalue weighted by atomic mass is 9.87. The minimum atomic E-state index is -0.866. The molecule has 1 heterocycles. The number of hydrogen-bond acceptors (Lipinski definition) is 7. The molecular formula is C28H27F2NO6. The smallest absolute Gasteiger partial charge is 0.309 e. The molecule has 2 atom stereocenters. The quantitative estimate of drug-likeness (QED) is 0.271. The van der Waals surface area contributed by atoms with Gasteiger partial charge in [-0.2, -0.15) is 0 Å². The lowest BCUT2D eigenvalue weighted by molar-refractivity contribution is -0.153. The number of pyridine rings is 1. The van der Waals surface area contributed by atoms with Crippen LogP contribution in [0, 0.1) is 17.6 Å². The van der Waals surface area contributed by atoms with Crippen LogP contribution in [0.5, 0.6) is 11.5 Å². The van der Waals surface area contributed by atoms with E-state index >= 15 is 0 Å². The highest BCUT2D eigenvalue weighted by Gasteiger charge is 2.29. The maximum atomic E-state index is 13.5. The molecule has 194 valence electrons. The molecule has 7 nitrogen and oxygen atoms in total. The van der Waals surface area contributed by atoms with Crippen molar-refractivity contribution in [2.45, 2.75) is 39.2 Å². The fraction of sp³-hybridized carbons (Fsp3) is 0.286. The Labute approximate surface area is 213 Å². The molecule has 0 fully saturated rings. The number of aromatic nitrogens is 1. The molecule has 3 rings (SSSR count). The summed E-state index contributed by atoms with van der Waals surface area (Å²) in [5.41, 5.74) is 1.20. The van der Waals surface area contributed by atoms with E-state index in [0.29, 0.717) is 11.1 Å². The van der Waals surface area contributed by atoms with Crippen LogP contribution in [0.15, 0.2) is 60.8 Å². The molecule has 0 saturated carbocycles. The van der Waals surface area contributed by atoms with E-state index in [1.54, 1.807) is 31.2 Å². The van der Waals surface area contributed by atoms with Crippen molar-refractivity contribution in [1.82, 2.24) is 4.98 Å². The van der Waals surface area contributed by atoms with Crippen molar-refractivity contribution in [2.75, 3.05) is 7.11 Å². The average molecular weight is 512 g/mol. The Morgan fingerprint density at radius 3 is 1.92 bits per heavy atom. The molecule has 9 heteroatoms. The van der Waals surface area contributed by atoms with E-state index < -0.39 is 47.3 Å². The zero-order valence-corrected chi connectivity index (χ0v) is 20.9. The van der Waals surface area contributed by atoms with Crippen LogP contribution >= 0.6 is 0 Å². The topological polar surface area (TPSA) is 91.8 Å². The van der Waals surface area contributed by atoms with E-state index in [1.807, 2.05) is 0 Å². The molecule has 0 spiro atoms. The number of methoxy groups -OCH3 is 1. The maximum Gasteiger partial charge on any atom is 0.309 e. The van der Waals surface area contributed by atoms with Gasteiger partial charge < -0.3 is 14.2 Å². The molecule has 0 saturated heterocycles. The second kappa shape index (κ2) is 12.2. The van der Waals surface area contributed by atoms with E-state index in [-0.39, 0.29) is 23.6 Å². The lowest BCUT2D eigenvalue weighted by Gasteiger charge is -2.26. The maximum absolute atomic E-state index is 13.5. The Balaban J connectivity index is 1.78. The van der Waals surface area contributed by atoms with E-state index in [2.05, 4.69) is 4.98 Å². The van der Waals surface area contributed by atoms with Gasteiger partial charge in [0.25, 0.3) is 0 Å². The molecule has 37 heavy (non-hydrogen) atoms. The molecule has 0 N–H and O–H groups in total.